The van der Waals surface area contributed by atoms with E-state index < -0.39 is 0 Å². The second-order valence-corrected chi connectivity index (χ2v) is 5.34. The average Bonchev–Trinajstić information content (AvgIpc) is 2.44. The van der Waals surface area contributed by atoms with Gasteiger partial charge in [0.05, 0.1) is 11.6 Å². The molecular weight excluding hydrogens is 311 g/mol. The van der Waals surface area contributed by atoms with Crippen molar-refractivity contribution >= 4 is 23.2 Å². The quantitative estimate of drug-likeness (QED) is 0.887. The van der Waals surface area contributed by atoms with Gasteiger partial charge in [-0.25, -0.2) is 0 Å². The molecule has 0 bridgehead atoms. The van der Waals surface area contributed by atoms with Crippen LogP contribution in [0.1, 0.15) is 5.56 Å². The third-order valence-electron chi connectivity index (χ3n) is 2.98. The Hall–Kier alpha value is -1.49. The molecule has 0 spiro atoms. The van der Waals surface area contributed by atoms with E-state index in [0.717, 1.165) is 5.56 Å². The summed E-state index contributed by atoms with van der Waals surface area (Å²) >= 11 is 12.1. The molecule has 112 valence electrons. The molecule has 21 heavy (non-hydrogen) atoms. The van der Waals surface area contributed by atoms with Gasteiger partial charge in [-0.15, -0.1) is 0 Å². The van der Waals surface area contributed by atoms with Gasteiger partial charge in [0.25, 0.3) is 5.56 Å². The highest BCUT2D eigenvalue weighted by Gasteiger charge is 2.10. The minimum atomic E-state index is -0.0644. The predicted molar refractivity (Wildman–Crippen MR) is 85.4 cm³/mol. The first-order chi connectivity index (χ1) is 10.1. The van der Waals surface area contributed by atoms with E-state index in [4.69, 9.17) is 33.7 Å². The highest BCUT2D eigenvalue weighted by molar-refractivity contribution is 6.35. The van der Waals surface area contributed by atoms with Crippen molar-refractivity contribution in [2.24, 2.45) is 5.73 Å². The Bertz CT molecular complexity index is 671. The number of ether oxygens (including phenoxy) is 1. The first-order valence-electron chi connectivity index (χ1n) is 6.58. The maximum atomic E-state index is 11.6. The lowest BCUT2D eigenvalue weighted by Gasteiger charge is -2.14. The topological polar surface area (TPSA) is 57.2 Å². The van der Waals surface area contributed by atoms with Crippen LogP contribution in [0.5, 0.6) is 5.75 Å². The van der Waals surface area contributed by atoms with E-state index >= 15 is 0 Å². The number of nitrogens with two attached hydrogens (primary N) is 1. The van der Waals surface area contributed by atoms with Crippen LogP contribution in [0.2, 0.25) is 10.0 Å². The average molecular weight is 327 g/mol. The molecule has 1 aromatic carbocycles. The Balaban J connectivity index is 2.09. The van der Waals surface area contributed by atoms with Gasteiger partial charge in [0.1, 0.15) is 12.4 Å². The Morgan fingerprint density at radius 2 is 2.05 bits per heavy atom. The van der Waals surface area contributed by atoms with Crippen LogP contribution >= 0.6 is 23.2 Å². The van der Waals surface area contributed by atoms with Crippen LogP contribution in [-0.2, 0) is 13.0 Å². The van der Waals surface area contributed by atoms with E-state index in [-0.39, 0.29) is 5.56 Å². The molecule has 0 aliphatic rings. The summed E-state index contributed by atoms with van der Waals surface area (Å²) in [5.74, 6) is 0.579. The number of hydrogen-bond acceptors (Lipinski definition) is 3. The van der Waals surface area contributed by atoms with Crippen molar-refractivity contribution < 1.29 is 4.74 Å². The lowest BCUT2D eigenvalue weighted by atomic mass is 10.1. The molecule has 6 heteroatoms. The van der Waals surface area contributed by atoms with E-state index in [9.17, 15) is 4.79 Å². The normalized spacial score (nSPS) is 10.6. The van der Waals surface area contributed by atoms with Gasteiger partial charge in [0, 0.05) is 17.3 Å². The summed E-state index contributed by atoms with van der Waals surface area (Å²) in [4.78, 5) is 11.6. The van der Waals surface area contributed by atoms with Gasteiger partial charge >= 0.3 is 0 Å². The molecule has 0 radical (unpaired) electrons. The number of nitrogens with zero attached hydrogens (tertiary/aromatic N) is 1. The number of rotatable bonds is 6. The fourth-order valence-corrected chi connectivity index (χ4v) is 2.60. The van der Waals surface area contributed by atoms with E-state index in [1.165, 1.54) is 6.07 Å². The van der Waals surface area contributed by atoms with Gasteiger partial charge < -0.3 is 15.0 Å². The van der Waals surface area contributed by atoms with E-state index in [1.54, 1.807) is 35.0 Å². The van der Waals surface area contributed by atoms with E-state index in [1.807, 2.05) is 0 Å². The molecule has 4 nitrogen and oxygen atoms in total. The SMILES string of the molecule is NCCc1cc(Cl)cc(Cl)c1OCCn1ccccc1=O. The van der Waals surface area contributed by atoms with Crippen LogP contribution in [0.4, 0.5) is 0 Å². The first-order valence-corrected chi connectivity index (χ1v) is 7.33. The fourth-order valence-electron chi connectivity index (χ4n) is 2.01. The van der Waals surface area contributed by atoms with Gasteiger partial charge in [-0.05, 0) is 36.7 Å². The lowest BCUT2D eigenvalue weighted by Crippen LogP contribution is -2.21. The standard InChI is InChI=1S/C15H16Cl2N2O2/c16-12-9-11(4-5-18)15(13(17)10-12)21-8-7-19-6-2-1-3-14(19)20/h1-3,6,9-10H,4-5,7-8,18H2. The van der Waals surface area contributed by atoms with Crippen LogP contribution in [0, 0.1) is 0 Å². The summed E-state index contributed by atoms with van der Waals surface area (Å²) in [7, 11) is 0. The summed E-state index contributed by atoms with van der Waals surface area (Å²) in [5, 5.41) is 1.00. The van der Waals surface area contributed by atoms with Gasteiger partial charge in [0.2, 0.25) is 0 Å². The van der Waals surface area contributed by atoms with Crippen LogP contribution in [-0.4, -0.2) is 17.7 Å². The summed E-state index contributed by atoms with van der Waals surface area (Å²) in [6.07, 6.45) is 2.34. The van der Waals surface area contributed by atoms with Crippen molar-refractivity contribution in [1.29, 1.82) is 0 Å². The van der Waals surface area contributed by atoms with E-state index in [2.05, 4.69) is 0 Å². The molecule has 2 aromatic rings. The van der Waals surface area contributed by atoms with E-state index in [0.29, 0.717) is 41.9 Å². The van der Waals surface area contributed by atoms with Gasteiger partial charge in [0.15, 0.2) is 0 Å². The molecule has 0 saturated heterocycles. The number of pyridine rings is 1. The highest BCUT2D eigenvalue weighted by atomic mass is 35.5. The number of halogens is 2. The molecule has 0 atom stereocenters. The third-order valence-corrected chi connectivity index (χ3v) is 3.48. The maximum absolute atomic E-state index is 11.6. The van der Waals surface area contributed by atoms with Crippen LogP contribution in [0.3, 0.4) is 0 Å². The first kappa shape index (κ1) is 15.9. The maximum Gasteiger partial charge on any atom is 0.250 e. The molecule has 0 fully saturated rings. The van der Waals surface area contributed by atoms with Gasteiger partial charge in [-0.3, -0.25) is 4.79 Å². The minimum Gasteiger partial charge on any atom is -0.490 e. The molecule has 0 saturated carbocycles. The van der Waals surface area contributed by atoms with Crippen LogP contribution in [0.15, 0.2) is 41.3 Å². The Morgan fingerprint density at radius 1 is 1.24 bits per heavy atom. The van der Waals surface area contributed by atoms with Crippen molar-refractivity contribution in [3.63, 3.8) is 0 Å². The summed E-state index contributed by atoms with van der Waals surface area (Å²) in [5.41, 5.74) is 6.39. The van der Waals surface area contributed by atoms with Crippen molar-refractivity contribution in [3.8, 4) is 5.75 Å². The zero-order chi connectivity index (χ0) is 15.2. The number of hydrogen-bond donors (Lipinski definition) is 1. The Kier molecular flexibility index (Phi) is 5.67. The molecule has 2 N–H and O–H groups in total. The molecule has 1 heterocycles. The molecule has 1 aromatic heterocycles. The second kappa shape index (κ2) is 7.50. The molecule has 0 amide bonds. The zero-order valence-corrected chi connectivity index (χ0v) is 12.9. The Morgan fingerprint density at radius 3 is 2.76 bits per heavy atom. The monoisotopic (exact) mass is 326 g/mol. The van der Waals surface area contributed by atoms with Crippen LogP contribution < -0.4 is 16.0 Å². The third kappa shape index (κ3) is 4.24. The largest absolute Gasteiger partial charge is 0.490 e. The van der Waals surface area contributed by atoms with Crippen molar-refractivity contribution in [1.82, 2.24) is 4.57 Å². The smallest absolute Gasteiger partial charge is 0.250 e. The molecular formula is C15H16Cl2N2O2. The molecule has 0 aliphatic carbocycles. The highest BCUT2D eigenvalue weighted by Crippen LogP contribution is 2.32. The Labute approximate surface area is 133 Å². The minimum absolute atomic E-state index is 0.0644. The molecule has 0 aliphatic heterocycles. The predicted octanol–water partition coefficient (Wildman–Crippen LogP) is 2.74. The van der Waals surface area contributed by atoms with Crippen molar-refractivity contribution in [3.05, 3.63) is 62.5 Å². The van der Waals surface area contributed by atoms with Crippen molar-refractivity contribution in [2.45, 2.75) is 13.0 Å². The fraction of sp³-hybridized carbons (Fsp3) is 0.267. The number of benzene rings is 1. The van der Waals surface area contributed by atoms with Gasteiger partial charge in [-0.2, -0.15) is 0 Å². The molecule has 0 unspecified atom stereocenters. The summed E-state index contributed by atoms with van der Waals surface area (Å²) in [6, 6.07) is 8.44. The number of aromatic nitrogens is 1. The second-order valence-electron chi connectivity index (χ2n) is 4.50. The van der Waals surface area contributed by atoms with Crippen LogP contribution in [0.25, 0.3) is 0 Å². The van der Waals surface area contributed by atoms with Gasteiger partial charge in [-0.1, -0.05) is 29.3 Å². The lowest BCUT2D eigenvalue weighted by molar-refractivity contribution is 0.294. The zero-order valence-electron chi connectivity index (χ0n) is 11.4. The molecule has 2 rings (SSSR count). The van der Waals surface area contributed by atoms with Crippen molar-refractivity contribution in [2.75, 3.05) is 13.2 Å². The summed E-state index contributed by atoms with van der Waals surface area (Å²) < 4.78 is 7.30. The summed E-state index contributed by atoms with van der Waals surface area (Å²) in [6.45, 7) is 1.26.